The third-order valence-electron chi connectivity index (χ3n) is 3.99. The zero-order valence-corrected chi connectivity index (χ0v) is 11.2. The van der Waals surface area contributed by atoms with Crippen LogP contribution in [0.2, 0.25) is 0 Å². The summed E-state index contributed by atoms with van der Waals surface area (Å²) < 4.78 is 0. The van der Waals surface area contributed by atoms with Crippen LogP contribution < -0.4 is 11.2 Å². The predicted octanol–water partition coefficient (Wildman–Crippen LogP) is 1.46. The van der Waals surface area contributed by atoms with Gasteiger partial charge in [-0.1, -0.05) is 37.3 Å². The fourth-order valence-electron chi connectivity index (χ4n) is 2.87. The zero-order chi connectivity index (χ0) is 14.8. The molecule has 0 saturated heterocycles. The number of nitrogens with two attached hydrogens (primary N) is 1. The summed E-state index contributed by atoms with van der Waals surface area (Å²) >= 11 is 0. The Bertz CT molecular complexity index is 556. The van der Waals surface area contributed by atoms with E-state index in [4.69, 9.17) is 5.73 Å². The zero-order valence-electron chi connectivity index (χ0n) is 11.2. The molecule has 0 heterocycles. The van der Waals surface area contributed by atoms with Crippen LogP contribution in [-0.2, 0) is 10.2 Å². The van der Waals surface area contributed by atoms with Gasteiger partial charge < -0.3 is 10.8 Å². The molecule has 6 heteroatoms. The van der Waals surface area contributed by atoms with Gasteiger partial charge in [0, 0.05) is 11.6 Å². The molecular weight excluding hydrogens is 258 g/mol. The Morgan fingerprint density at radius 1 is 1.40 bits per heavy atom. The van der Waals surface area contributed by atoms with Crippen LogP contribution >= 0.6 is 0 Å². The molecule has 0 aliphatic heterocycles. The monoisotopic (exact) mass is 275 g/mol. The van der Waals surface area contributed by atoms with Gasteiger partial charge in [-0.2, -0.15) is 5.10 Å². The van der Waals surface area contributed by atoms with Crippen LogP contribution in [0, 0.1) is 5.92 Å². The van der Waals surface area contributed by atoms with Crippen LogP contribution in [0.4, 0.5) is 4.79 Å². The molecule has 0 radical (unpaired) electrons. The molecule has 0 unspecified atom stereocenters. The quantitative estimate of drug-likeness (QED) is 0.727. The molecule has 1 saturated carbocycles. The van der Waals surface area contributed by atoms with Gasteiger partial charge in [0.15, 0.2) is 0 Å². The average molecular weight is 275 g/mol. The lowest BCUT2D eigenvalue weighted by Gasteiger charge is -2.29. The number of hydrogen-bond donors (Lipinski definition) is 3. The SMILES string of the molecule is C[C@H]1/C(=N/NC(N)=O)CC[C@]1(C(=O)O)c1ccccc1. The van der Waals surface area contributed by atoms with E-state index in [1.165, 1.54) is 0 Å². The number of benzene rings is 1. The number of carbonyl (C=O) groups is 2. The lowest BCUT2D eigenvalue weighted by molar-refractivity contribution is -0.144. The number of carbonyl (C=O) groups excluding carboxylic acids is 1. The van der Waals surface area contributed by atoms with Crippen LogP contribution in [0.25, 0.3) is 0 Å². The van der Waals surface area contributed by atoms with Gasteiger partial charge in [0.05, 0.1) is 0 Å². The molecule has 2 atom stereocenters. The van der Waals surface area contributed by atoms with Crippen molar-refractivity contribution in [2.45, 2.75) is 25.2 Å². The van der Waals surface area contributed by atoms with Gasteiger partial charge in [0.1, 0.15) is 5.41 Å². The molecule has 4 N–H and O–H groups in total. The number of urea groups is 1. The number of rotatable bonds is 3. The predicted molar refractivity (Wildman–Crippen MR) is 74.3 cm³/mol. The highest BCUT2D eigenvalue weighted by Crippen LogP contribution is 2.44. The van der Waals surface area contributed by atoms with E-state index in [1.54, 1.807) is 0 Å². The molecule has 1 aromatic rings. The number of carboxylic acids is 1. The van der Waals surface area contributed by atoms with Crippen molar-refractivity contribution in [2.75, 3.05) is 0 Å². The third-order valence-corrected chi connectivity index (χ3v) is 3.99. The molecule has 20 heavy (non-hydrogen) atoms. The van der Waals surface area contributed by atoms with Gasteiger partial charge in [0.25, 0.3) is 0 Å². The summed E-state index contributed by atoms with van der Waals surface area (Å²) in [6.07, 6.45) is 0.968. The van der Waals surface area contributed by atoms with Crippen molar-refractivity contribution in [1.82, 2.24) is 5.43 Å². The summed E-state index contributed by atoms with van der Waals surface area (Å²) in [6, 6.07) is 8.37. The fraction of sp³-hybridized carbons (Fsp3) is 0.357. The number of primary amides is 1. The molecule has 0 spiro atoms. The number of hydrogen-bond acceptors (Lipinski definition) is 3. The summed E-state index contributed by atoms with van der Waals surface area (Å²) in [4.78, 5) is 22.6. The Balaban J connectivity index is 2.39. The number of amides is 2. The van der Waals surface area contributed by atoms with Crippen LogP contribution in [0.3, 0.4) is 0 Å². The Labute approximate surface area is 116 Å². The molecule has 0 aromatic heterocycles. The summed E-state index contributed by atoms with van der Waals surface area (Å²) in [6.45, 7) is 1.82. The maximum atomic E-state index is 11.9. The molecule has 0 bridgehead atoms. The average Bonchev–Trinajstić information content (AvgIpc) is 2.75. The van der Waals surface area contributed by atoms with Gasteiger partial charge >= 0.3 is 12.0 Å². The lowest BCUT2D eigenvalue weighted by atomic mass is 9.73. The van der Waals surface area contributed by atoms with Crippen molar-refractivity contribution < 1.29 is 14.7 Å². The first-order valence-corrected chi connectivity index (χ1v) is 6.39. The van der Waals surface area contributed by atoms with Crippen molar-refractivity contribution in [3.63, 3.8) is 0 Å². The summed E-state index contributed by atoms with van der Waals surface area (Å²) in [5.41, 5.74) is 7.56. The van der Waals surface area contributed by atoms with E-state index in [-0.39, 0.29) is 5.92 Å². The fourth-order valence-corrected chi connectivity index (χ4v) is 2.87. The lowest BCUT2D eigenvalue weighted by Crippen LogP contribution is -2.40. The van der Waals surface area contributed by atoms with E-state index in [2.05, 4.69) is 10.5 Å². The van der Waals surface area contributed by atoms with Crippen LogP contribution in [0.15, 0.2) is 35.4 Å². The molecule has 1 aliphatic rings. The normalized spacial score (nSPS) is 27.4. The Hall–Kier alpha value is -2.37. The van der Waals surface area contributed by atoms with Crippen LogP contribution in [0.5, 0.6) is 0 Å². The molecule has 2 amide bonds. The van der Waals surface area contributed by atoms with E-state index < -0.39 is 17.4 Å². The smallest absolute Gasteiger partial charge is 0.332 e. The van der Waals surface area contributed by atoms with Gasteiger partial charge in [-0.3, -0.25) is 4.79 Å². The Morgan fingerprint density at radius 2 is 2.05 bits per heavy atom. The first kappa shape index (κ1) is 14.0. The molecule has 2 rings (SSSR count). The minimum Gasteiger partial charge on any atom is -0.481 e. The first-order chi connectivity index (χ1) is 9.48. The van der Waals surface area contributed by atoms with E-state index in [1.807, 2.05) is 37.3 Å². The summed E-state index contributed by atoms with van der Waals surface area (Å²) in [5, 5.41) is 13.7. The maximum absolute atomic E-state index is 11.9. The number of carboxylic acid groups (broad SMARTS) is 1. The van der Waals surface area contributed by atoms with Crippen molar-refractivity contribution in [2.24, 2.45) is 16.8 Å². The van der Waals surface area contributed by atoms with Gasteiger partial charge in [-0.15, -0.1) is 0 Å². The minimum atomic E-state index is -1.00. The van der Waals surface area contributed by atoms with Gasteiger partial charge in [-0.25, -0.2) is 10.2 Å². The number of hydrazone groups is 1. The topological polar surface area (TPSA) is 105 Å². The molecule has 1 aromatic carbocycles. The molecular formula is C14H17N3O3. The van der Waals surface area contributed by atoms with Crippen molar-refractivity contribution in [1.29, 1.82) is 0 Å². The molecule has 106 valence electrons. The molecule has 1 aliphatic carbocycles. The summed E-state index contributed by atoms with van der Waals surface area (Å²) in [7, 11) is 0. The van der Waals surface area contributed by atoms with Gasteiger partial charge in [0.2, 0.25) is 0 Å². The highest BCUT2D eigenvalue weighted by atomic mass is 16.4. The highest BCUT2D eigenvalue weighted by Gasteiger charge is 2.51. The van der Waals surface area contributed by atoms with Crippen molar-refractivity contribution in [3.05, 3.63) is 35.9 Å². The second kappa shape index (κ2) is 5.32. The van der Waals surface area contributed by atoms with E-state index in [0.717, 1.165) is 5.56 Å². The number of aliphatic carboxylic acids is 1. The maximum Gasteiger partial charge on any atom is 0.332 e. The van der Waals surface area contributed by atoms with Crippen molar-refractivity contribution in [3.8, 4) is 0 Å². The van der Waals surface area contributed by atoms with Crippen LogP contribution in [0.1, 0.15) is 25.3 Å². The number of nitrogens with one attached hydrogen (secondary N) is 1. The van der Waals surface area contributed by atoms with E-state index in [9.17, 15) is 14.7 Å². The Morgan fingerprint density at radius 3 is 2.60 bits per heavy atom. The second-order valence-electron chi connectivity index (χ2n) is 4.94. The third kappa shape index (κ3) is 2.24. The van der Waals surface area contributed by atoms with Crippen molar-refractivity contribution >= 4 is 17.7 Å². The van der Waals surface area contributed by atoms with E-state index in [0.29, 0.717) is 18.6 Å². The number of nitrogens with zero attached hydrogens (tertiary/aromatic N) is 1. The standard InChI is InChI=1S/C14H17N3O3/c1-9-11(16-17-13(15)20)7-8-14(9,12(18)19)10-5-3-2-4-6-10/h2-6,9H,7-8H2,1H3,(H,18,19)(H3,15,17,20)/b16-11+/t9-,14+/m0/s1. The van der Waals surface area contributed by atoms with E-state index >= 15 is 0 Å². The highest BCUT2D eigenvalue weighted by molar-refractivity contribution is 5.99. The second-order valence-corrected chi connectivity index (χ2v) is 4.94. The molecule has 6 nitrogen and oxygen atoms in total. The first-order valence-electron chi connectivity index (χ1n) is 6.39. The molecule has 1 fully saturated rings. The van der Waals surface area contributed by atoms with Crippen LogP contribution in [-0.4, -0.2) is 22.8 Å². The minimum absolute atomic E-state index is 0.311. The summed E-state index contributed by atoms with van der Waals surface area (Å²) in [5.74, 6) is -1.19. The van der Waals surface area contributed by atoms with Gasteiger partial charge in [-0.05, 0) is 18.4 Å². The largest absolute Gasteiger partial charge is 0.481 e. The Kier molecular flexibility index (Phi) is 3.74.